The molecule has 2 N–H and O–H groups in total. The standard InChI is InChI=1S/C10H13NO4S/c1-6(2)5-14-9(12)7-3-4-16-8(7)10(13)15-11/h3-4,6H,5,11H2,1-2H3. The molecule has 0 bridgehead atoms. The fourth-order valence-electron chi connectivity index (χ4n) is 1.00. The Labute approximate surface area is 97.1 Å². The minimum absolute atomic E-state index is 0.163. The molecule has 1 rings (SSSR count). The van der Waals surface area contributed by atoms with Gasteiger partial charge in [-0.25, -0.2) is 9.59 Å². The summed E-state index contributed by atoms with van der Waals surface area (Å²) < 4.78 is 5.00. The van der Waals surface area contributed by atoms with E-state index >= 15 is 0 Å². The van der Waals surface area contributed by atoms with Crippen molar-refractivity contribution in [3.8, 4) is 0 Å². The van der Waals surface area contributed by atoms with Crippen LogP contribution in [0.1, 0.15) is 33.9 Å². The van der Waals surface area contributed by atoms with Crippen molar-refractivity contribution in [3.05, 3.63) is 21.9 Å². The second-order valence-electron chi connectivity index (χ2n) is 3.56. The molecule has 0 saturated carbocycles. The molecule has 0 amide bonds. The van der Waals surface area contributed by atoms with E-state index in [1.165, 1.54) is 6.07 Å². The summed E-state index contributed by atoms with van der Waals surface area (Å²) in [5.74, 6) is 3.74. The third kappa shape index (κ3) is 3.04. The van der Waals surface area contributed by atoms with Crippen LogP contribution >= 0.6 is 11.3 Å². The third-order valence-electron chi connectivity index (χ3n) is 1.73. The Morgan fingerprint density at radius 2 is 2.12 bits per heavy atom. The molecule has 0 aliphatic heterocycles. The Hall–Kier alpha value is -1.40. The molecule has 16 heavy (non-hydrogen) atoms. The van der Waals surface area contributed by atoms with Crippen LogP contribution in [0.2, 0.25) is 0 Å². The first-order valence-corrected chi connectivity index (χ1v) is 5.60. The molecule has 1 aromatic rings. The molecule has 6 heteroatoms. The van der Waals surface area contributed by atoms with Gasteiger partial charge in [0, 0.05) is 0 Å². The van der Waals surface area contributed by atoms with E-state index in [1.807, 2.05) is 13.8 Å². The first-order chi connectivity index (χ1) is 7.56. The fraction of sp³-hybridized carbons (Fsp3) is 0.400. The van der Waals surface area contributed by atoms with Crippen molar-refractivity contribution >= 4 is 23.3 Å². The minimum Gasteiger partial charge on any atom is -0.462 e. The average Bonchev–Trinajstić information content (AvgIpc) is 2.73. The summed E-state index contributed by atoms with van der Waals surface area (Å²) in [7, 11) is 0. The molecular formula is C10H13NO4S. The van der Waals surface area contributed by atoms with Crippen molar-refractivity contribution in [1.29, 1.82) is 0 Å². The molecule has 0 atom stereocenters. The Bertz CT molecular complexity index is 386. The van der Waals surface area contributed by atoms with Crippen LogP contribution in [-0.4, -0.2) is 18.5 Å². The number of esters is 1. The predicted octanol–water partition coefficient (Wildman–Crippen LogP) is 1.59. The number of nitrogens with two attached hydrogens (primary N) is 1. The van der Waals surface area contributed by atoms with E-state index in [0.717, 1.165) is 11.3 Å². The summed E-state index contributed by atoms with van der Waals surface area (Å²) in [6, 6.07) is 1.51. The van der Waals surface area contributed by atoms with Gasteiger partial charge in [0.25, 0.3) is 0 Å². The van der Waals surface area contributed by atoms with Gasteiger partial charge in [0.15, 0.2) is 0 Å². The van der Waals surface area contributed by atoms with E-state index in [1.54, 1.807) is 5.38 Å². The average molecular weight is 243 g/mol. The van der Waals surface area contributed by atoms with Crippen LogP contribution in [0.4, 0.5) is 0 Å². The highest BCUT2D eigenvalue weighted by Crippen LogP contribution is 2.18. The lowest BCUT2D eigenvalue weighted by Gasteiger charge is -2.06. The Balaban J connectivity index is 2.76. The van der Waals surface area contributed by atoms with Crippen molar-refractivity contribution in [2.45, 2.75) is 13.8 Å². The number of hydrogen-bond acceptors (Lipinski definition) is 6. The molecule has 0 saturated heterocycles. The number of rotatable bonds is 4. The molecule has 0 fully saturated rings. The molecule has 0 radical (unpaired) electrons. The molecule has 0 unspecified atom stereocenters. The lowest BCUT2D eigenvalue weighted by Crippen LogP contribution is -2.15. The minimum atomic E-state index is -0.730. The van der Waals surface area contributed by atoms with Crippen LogP contribution in [0.5, 0.6) is 0 Å². The molecule has 5 nitrogen and oxygen atoms in total. The second-order valence-corrected chi connectivity index (χ2v) is 4.48. The maximum Gasteiger partial charge on any atom is 0.367 e. The van der Waals surface area contributed by atoms with E-state index in [2.05, 4.69) is 4.84 Å². The third-order valence-corrected chi connectivity index (χ3v) is 2.62. The summed E-state index contributed by atoms with van der Waals surface area (Å²) in [6.45, 7) is 4.16. The summed E-state index contributed by atoms with van der Waals surface area (Å²) in [5, 5.41) is 1.61. The molecule has 0 spiro atoms. The molecule has 88 valence electrons. The van der Waals surface area contributed by atoms with Crippen molar-refractivity contribution in [1.82, 2.24) is 0 Å². The summed E-state index contributed by atoms with van der Waals surface area (Å²) in [6.07, 6.45) is 0. The van der Waals surface area contributed by atoms with Crippen LogP contribution in [-0.2, 0) is 9.57 Å². The van der Waals surface area contributed by atoms with Gasteiger partial charge in [-0.05, 0) is 17.4 Å². The smallest absolute Gasteiger partial charge is 0.367 e. The number of ether oxygens (including phenoxy) is 1. The quantitative estimate of drug-likeness (QED) is 0.641. The SMILES string of the molecule is CC(C)COC(=O)c1ccsc1C(=O)ON. The highest BCUT2D eigenvalue weighted by Gasteiger charge is 2.20. The topological polar surface area (TPSA) is 78.6 Å². The maximum atomic E-state index is 11.6. The molecule has 0 aliphatic rings. The normalized spacial score (nSPS) is 10.2. The Morgan fingerprint density at radius 3 is 2.69 bits per heavy atom. The molecule has 1 heterocycles. The zero-order valence-corrected chi connectivity index (χ0v) is 9.87. The van der Waals surface area contributed by atoms with Gasteiger partial charge >= 0.3 is 11.9 Å². The zero-order chi connectivity index (χ0) is 12.1. The van der Waals surface area contributed by atoms with Crippen LogP contribution in [0.25, 0.3) is 0 Å². The van der Waals surface area contributed by atoms with Gasteiger partial charge in [0.2, 0.25) is 0 Å². The number of carbonyl (C=O) groups excluding carboxylic acids is 2. The molecule has 1 aromatic heterocycles. The van der Waals surface area contributed by atoms with Crippen LogP contribution in [0, 0.1) is 5.92 Å². The van der Waals surface area contributed by atoms with E-state index in [0.29, 0.717) is 6.61 Å². The van der Waals surface area contributed by atoms with Gasteiger partial charge in [-0.2, -0.15) is 5.90 Å². The van der Waals surface area contributed by atoms with E-state index in [9.17, 15) is 9.59 Å². The highest BCUT2D eigenvalue weighted by molar-refractivity contribution is 7.12. The lowest BCUT2D eigenvalue weighted by atomic mass is 10.2. The Kier molecular flexibility index (Phi) is 4.45. The lowest BCUT2D eigenvalue weighted by molar-refractivity contribution is 0.0433. The van der Waals surface area contributed by atoms with Gasteiger partial charge in [0.05, 0.1) is 12.2 Å². The largest absolute Gasteiger partial charge is 0.462 e. The van der Waals surface area contributed by atoms with Gasteiger partial charge in [-0.15, -0.1) is 11.3 Å². The van der Waals surface area contributed by atoms with Crippen LogP contribution in [0.15, 0.2) is 11.4 Å². The van der Waals surface area contributed by atoms with Crippen molar-refractivity contribution < 1.29 is 19.2 Å². The Morgan fingerprint density at radius 1 is 1.44 bits per heavy atom. The maximum absolute atomic E-state index is 11.6. The van der Waals surface area contributed by atoms with Crippen molar-refractivity contribution in [3.63, 3.8) is 0 Å². The predicted molar refractivity (Wildman–Crippen MR) is 59.0 cm³/mol. The summed E-state index contributed by atoms with van der Waals surface area (Å²) >= 11 is 1.09. The number of carbonyl (C=O) groups is 2. The molecule has 0 aliphatic carbocycles. The van der Waals surface area contributed by atoms with Gasteiger partial charge in [0.1, 0.15) is 4.88 Å². The number of thiophene rings is 1. The first kappa shape index (κ1) is 12.7. The second kappa shape index (κ2) is 5.62. The van der Waals surface area contributed by atoms with E-state index in [4.69, 9.17) is 10.6 Å². The summed E-state index contributed by atoms with van der Waals surface area (Å²) in [4.78, 5) is 27.0. The van der Waals surface area contributed by atoms with Crippen molar-refractivity contribution in [2.75, 3.05) is 6.61 Å². The van der Waals surface area contributed by atoms with E-state index in [-0.39, 0.29) is 16.4 Å². The molecular weight excluding hydrogens is 230 g/mol. The molecule has 0 aromatic carbocycles. The fourth-order valence-corrected chi connectivity index (χ4v) is 1.76. The van der Waals surface area contributed by atoms with E-state index < -0.39 is 11.9 Å². The van der Waals surface area contributed by atoms with Crippen molar-refractivity contribution in [2.24, 2.45) is 11.8 Å². The monoisotopic (exact) mass is 243 g/mol. The zero-order valence-electron chi connectivity index (χ0n) is 9.06. The van der Waals surface area contributed by atoms with Gasteiger partial charge < -0.3 is 9.57 Å². The van der Waals surface area contributed by atoms with Crippen LogP contribution < -0.4 is 5.90 Å². The van der Waals surface area contributed by atoms with Gasteiger partial charge in [-0.3, -0.25) is 0 Å². The summed E-state index contributed by atoms with van der Waals surface area (Å²) in [5.41, 5.74) is 0.195. The highest BCUT2D eigenvalue weighted by atomic mass is 32.1. The first-order valence-electron chi connectivity index (χ1n) is 4.72. The number of hydrogen-bond donors (Lipinski definition) is 1. The van der Waals surface area contributed by atoms with Gasteiger partial charge in [-0.1, -0.05) is 13.8 Å². The van der Waals surface area contributed by atoms with Crippen LogP contribution in [0.3, 0.4) is 0 Å².